The molecule has 39 heavy (non-hydrogen) atoms. The molecule has 212 valence electrons. The second-order valence-electron chi connectivity index (χ2n) is 11.8. The minimum Gasteiger partial charge on any atom is -0.491 e. The summed E-state index contributed by atoms with van der Waals surface area (Å²) in [5.41, 5.74) is 3.16. The first-order valence-corrected chi connectivity index (χ1v) is 16.2. The van der Waals surface area contributed by atoms with Crippen molar-refractivity contribution in [1.82, 2.24) is 4.72 Å². The third-order valence-electron chi connectivity index (χ3n) is 8.90. The lowest BCUT2D eigenvalue weighted by Crippen LogP contribution is -2.49. The van der Waals surface area contributed by atoms with Crippen molar-refractivity contribution < 1.29 is 18.8 Å². The van der Waals surface area contributed by atoms with E-state index >= 15 is 0 Å². The lowest BCUT2D eigenvalue weighted by molar-refractivity contribution is -0.0741. The van der Waals surface area contributed by atoms with Gasteiger partial charge in [-0.15, -0.1) is 0 Å². The smallest absolute Gasteiger partial charge is 0.263 e. The lowest BCUT2D eigenvalue weighted by Gasteiger charge is -2.48. The number of aryl methyl sites for hydroxylation is 1. The van der Waals surface area contributed by atoms with E-state index in [0.717, 1.165) is 80.9 Å². The van der Waals surface area contributed by atoms with Gasteiger partial charge in [-0.1, -0.05) is 43.9 Å². The van der Waals surface area contributed by atoms with Crippen molar-refractivity contribution in [2.75, 3.05) is 30.3 Å². The molecule has 0 radical (unpaired) electrons. The fourth-order valence-corrected chi connectivity index (χ4v) is 7.72. The third kappa shape index (κ3) is 6.47. The van der Waals surface area contributed by atoms with E-state index in [2.05, 4.69) is 28.7 Å². The molecule has 2 heterocycles. The number of hydrogen-bond donors (Lipinski definition) is 2. The van der Waals surface area contributed by atoms with Crippen LogP contribution in [0.25, 0.3) is 0 Å². The van der Waals surface area contributed by atoms with Gasteiger partial charge < -0.3 is 14.7 Å². The van der Waals surface area contributed by atoms with Gasteiger partial charge in [0, 0.05) is 35.3 Å². The molecule has 1 aliphatic carbocycles. The highest BCUT2D eigenvalue weighted by molar-refractivity contribution is 7.83. The van der Waals surface area contributed by atoms with E-state index in [-0.39, 0.29) is 17.7 Å². The predicted octanol–water partition coefficient (Wildman–Crippen LogP) is 6.02. The molecule has 2 bridgehead atoms. The van der Waals surface area contributed by atoms with Gasteiger partial charge in [-0.25, -0.2) is 4.21 Å². The van der Waals surface area contributed by atoms with Crippen molar-refractivity contribution in [2.24, 2.45) is 11.8 Å². The third-order valence-corrected chi connectivity index (χ3v) is 10.2. The number of ether oxygens (including phenoxy) is 1. The van der Waals surface area contributed by atoms with Crippen molar-refractivity contribution >= 4 is 34.2 Å². The average Bonchev–Trinajstić information content (AvgIpc) is 3.05. The number of aliphatic hydroxyl groups is 1. The summed E-state index contributed by atoms with van der Waals surface area (Å²) in [5, 5.41) is 12.2. The van der Waals surface area contributed by atoms with Crippen LogP contribution in [-0.2, 0) is 17.4 Å². The maximum Gasteiger partial charge on any atom is 0.263 e. The van der Waals surface area contributed by atoms with E-state index in [1.54, 1.807) is 6.07 Å². The molecule has 1 fully saturated rings. The van der Waals surface area contributed by atoms with Gasteiger partial charge in [-0.05, 0) is 92.3 Å². The Hall–Kier alpha value is -2.09. The summed E-state index contributed by atoms with van der Waals surface area (Å²) in [7, 11) is -1.43. The van der Waals surface area contributed by atoms with Crippen LogP contribution in [0.15, 0.2) is 36.4 Å². The first kappa shape index (κ1) is 28.4. The topological polar surface area (TPSA) is 78.9 Å². The van der Waals surface area contributed by atoms with E-state index in [4.69, 9.17) is 16.3 Å². The minimum absolute atomic E-state index is 0.130. The molecule has 8 heteroatoms. The molecule has 6 nitrogen and oxygen atoms in total. The molecule has 0 saturated heterocycles. The van der Waals surface area contributed by atoms with Crippen LogP contribution < -0.4 is 14.4 Å². The average molecular weight is 573 g/mol. The number of fused-ring (bicyclic) bond motifs is 2. The van der Waals surface area contributed by atoms with Gasteiger partial charge in [-0.2, -0.15) is 0 Å². The summed E-state index contributed by atoms with van der Waals surface area (Å²) >= 11 is 6.38. The first-order valence-electron chi connectivity index (χ1n) is 14.5. The number of amides is 1. The molecule has 4 unspecified atom stereocenters. The molecule has 1 saturated carbocycles. The van der Waals surface area contributed by atoms with Crippen LogP contribution in [0.1, 0.15) is 86.2 Å². The Kier molecular flexibility index (Phi) is 8.89. The number of carbonyl (C=O) groups excluding carboxylic acids is 1. The Morgan fingerprint density at radius 1 is 1.15 bits per heavy atom. The van der Waals surface area contributed by atoms with Crippen LogP contribution in [-0.4, -0.2) is 46.3 Å². The number of nitrogens with one attached hydrogen (secondary N) is 1. The monoisotopic (exact) mass is 572 g/mol. The van der Waals surface area contributed by atoms with E-state index < -0.39 is 16.6 Å². The Morgan fingerprint density at radius 3 is 2.77 bits per heavy atom. The summed E-state index contributed by atoms with van der Waals surface area (Å²) in [6.45, 7) is 6.24. The molecule has 0 spiro atoms. The number of carbonyl (C=O) groups is 1. The largest absolute Gasteiger partial charge is 0.491 e. The quantitative estimate of drug-likeness (QED) is 0.470. The summed E-state index contributed by atoms with van der Waals surface area (Å²) in [6, 6.07) is 11.7. The Bertz CT molecular complexity index is 1220. The van der Waals surface area contributed by atoms with Gasteiger partial charge in [0.2, 0.25) is 0 Å². The zero-order valence-electron chi connectivity index (χ0n) is 23.1. The zero-order chi connectivity index (χ0) is 27.6. The van der Waals surface area contributed by atoms with Crippen LogP contribution in [0.2, 0.25) is 5.02 Å². The molecule has 5 atom stereocenters. The maximum absolute atomic E-state index is 13.0. The maximum atomic E-state index is 13.0. The number of hydrogen-bond acceptors (Lipinski definition) is 5. The molecule has 5 rings (SSSR count). The van der Waals surface area contributed by atoms with Crippen molar-refractivity contribution in [3.8, 4) is 5.75 Å². The van der Waals surface area contributed by atoms with Gasteiger partial charge in [0.05, 0.1) is 17.9 Å². The molecular formula is C31H41ClN2O4S. The normalized spacial score (nSPS) is 29.8. The van der Waals surface area contributed by atoms with Gasteiger partial charge in [0.25, 0.3) is 5.91 Å². The number of halogens is 1. The second kappa shape index (κ2) is 12.2. The van der Waals surface area contributed by atoms with Gasteiger partial charge in [0.1, 0.15) is 16.7 Å². The van der Waals surface area contributed by atoms with E-state index in [9.17, 15) is 14.1 Å². The predicted molar refractivity (Wildman–Crippen MR) is 158 cm³/mol. The molecule has 2 aromatic rings. The van der Waals surface area contributed by atoms with Crippen molar-refractivity contribution in [3.63, 3.8) is 0 Å². The Labute approximate surface area is 240 Å². The molecule has 0 aromatic heterocycles. The molecule has 2 N–H and O–H groups in total. The summed E-state index contributed by atoms with van der Waals surface area (Å²) in [6.07, 6.45) is 7.38. The zero-order valence-corrected chi connectivity index (χ0v) is 24.7. The van der Waals surface area contributed by atoms with Gasteiger partial charge in [0.15, 0.2) is 0 Å². The van der Waals surface area contributed by atoms with Crippen molar-refractivity contribution in [1.29, 1.82) is 0 Å². The first-order chi connectivity index (χ1) is 18.7. The molecule has 2 aliphatic heterocycles. The van der Waals surface area contributed by atoms with Crippen LogP contribution in [0, 0.1) is 11.8 Å². The van der Waals surface area contributed by atoms with E-state index in [0.29, 0.717) is 23.8 Å². The van der Waals surface area contributed by atoms with Crippen LogP contribution >= 0.6 is 11.6 Å². The highest BCUT2D eigenvalue weighted by Gasteiger charge is 2.44. The molecular weight excluding hydrogens is 532 g/mol. The lowest BCUT2D eigenvalue weighted by atomic mass is 9.64. The van der Waals surface area contributed by atoms with Crippen molar-refractivity contribution in [3.05, 3.63) is 58.1 Å². The highest BCUT2D eigenvalue weighted by Crippen LogP contribution is 2.46. The molecule has 3 aliphatic rings. The van der Waals surface area contributed by atoms with Crippen LogP contribution in [0.4, 0.5) is 5.69 Å². The Balaban J connectivity index is 1.51. The number of benzene rings is 2. The fraction of sp³-hybridized carbons (Fsp3) is 0.581. The van der Waals surface area contributed by atoms with Crippen molar-refractivity contribution in [2.45, 2.75) is 76.7 Å². The summed E-state index contributed by atoms with van der Waals surface area (Å²) in [4.78, 5) is 15.4. The van der Waals surface area contributed by atoms with E-state index in [1.807, 2.05) is 25.1 Å². The highest BCUT2D eigenvalue weighted by atomic mass is 35.5. The summed E-state index contributed by atoms with van der Waals surface area (Å²) < 4.78 is 21.6. The van der Waals surface area contributed by atoms with E-state index in [1.165, 1.54) is 11.1 Å². The Morgan fingerprint density at radius 2 is 2.00 bits per heavy atom. The molecule has 2 aromatic carbocycles. The summed E-state index contributed by atoms with van der Waals surface area (Å²) in [5.74, 6) is 1.59. The van der Waals surface area contributed by atoms with Crippen LogP contribution in [0.3, 0.4) is 0 Å². The molecule has 1 amide bonds. The standard InChI is InChI=1S/C31H41ClN2O4S/c1-3-7-21-16-25(32)10-11-26(21)24-19-34-18-23-8-12-27(23)31(2,36)14-5-4-6-15-39(37)33-30(35)22-9-13-29(38-20-24)28(34)17-22/h9-11,13,16-17,23-24,27,36H,3-8,12,14-15,18-20H2,1-2H3,(H,33,35)/t23?,24?,27?,31-,39?/m0/s1. The fourth-order valence-electron chi connectivity index (χ4n) is 6.64. The van der Waals surface area contributed by atoms with Gasteiger partial charge >= 0.3 is 0 Å². The minimum atomic E-state index is -1.43. The number of nitrogens with zero attached hydrogens (tertiary/aromatic N) is 1. The SMILES string of the molecule is CCCc1cc(Cl)ccc1C1COc2ccc3cc2N(C1)CC1CCC1[C@@](C)(O)CCCCCS(=O)NC3=O. The number of anilines is 1. The van der Waals surface area contributed by atoms with Gasteiger partial charge in [-0.3, -0.25) is 9.52 Å². The number of rotatable bonds is 3. The van der Waals surface area contributed by atoms with Crippen LogP contribution in [0.5, 0.6) is 5.75 Å². The second-order valence-corrected chi connectivity index (χ2v) is 13.5.